The maximum atomic E-state index is 13.7. The van der Waals surface area contributed by atoms with Crippen molar-refractivity contribution in [2.45, 2.75) is 25.9 Å². The summed E-state index contributed by atoms with van der Waals surface area (Å²) in [4.78, 5) is 23.0. The summed E-state index contributed by atoms with van der Waals surface area (Å²) in [7, 11) is 1.43. The van der Waals surface area contributed by atoms with E-state index in [4.69, 9.17) is 17.3 Å². The van der Waals surface area contributed by atoms with Crippen molar-refractivity contribution in [2.24, 2.45) is 5.73 Å². The highest BCUT2D eigenvalue weighted by Gasteiger charge is 2.31. The summed E-state index contributed by atoms with van der Waals surface area (Å²) in [6.07, 6.45) is 0.449. The van der Waals surface area contributed by atoms with E-state index in [1.807, 2.05) is 19.9 Å². The van der Waals surface area contributed by atoms with Gasteiger partial charge >= 0.3 is 0 Å². The summed E-state index contributed by atoms with van der Waals surface area (Å²) in [6, 6.07) is 5.88. The molecule has 0 radical (unpaired) electrons. The van der Waals surface area contributed by atoms with Crippen LogP contribution in [-0.2, 0) is 5.66 Å². The lowest BCUT2D eigenvalue weighted by molar-refractivity contribution is 0.0762. The number of amides is 1. The first-order valence-corrected chi connectivity index (χ1v) is 9.83. The Labute approximate surface area is 174 Å². The van der Waals surface area contributed by atoms with E-state index in [-0.39, 0.29) is 17.1 Å². The van der Waals surface area contributed by atoms with Gasteiger partial charge in [0, 0.05) is 41.3 Å². The molecule has 1 atom stereocenters. The average Bonchev–Trinajstić information content (AvgIpc) is 2.61. The van der Waals surface area contributed by atoms with Crippen molar-refractivity contribution >= 4 is 32.7 Å². The lowest BCUT2D eigenvalue weighted by atomic mass is 10.1. The minimum atomic E-state index is -3.22. The van der Waals surface area contributed by atoms with Gasteiger partial charge in [-0.3, -0.25) is 4.79 Å². The highest BCUT2D eigenvalue weighted by atomic mass is 35.5. The number of alkyl halides is 2. The normalized spacial score (nSPS) is 14.9. The molecule has 2 aromatic rings. The van der Waals surface area contributed by atoms with Gasteiger partial charge in [-0.15, -0.1) is 0 Å². The number of nitrogens with two attached hydrogens (primary N) is 1. The monoisotopic (exact) mass is 439 g/mol. The van der Waals surface area contributed by atoms with Crippen molar-refractivity contribution in [1.29, 1.82) is 0 Å². The summed E-state index contributed by atoms with van der Waals surface area (Å²) in [5.41, 5.74) is 5.38. The molecule has 1 amide bonds. The van der Waals surface area contributed by atoms with Crippen LogP contribution >= 0.6 is 20.8 Å². The van der Waals surface area contributed by atoms with E-state index in [9.17, 15) is 13.6 Å². The van der Waals surface area contributed by atoms with Gasteiger partial charge < -0.3 is 16.0 Å². The molecule has 3 rings (SSSR count). The Morgan fingerprint density at radius 1 is 1.31 bits per heavy atom. The Morgan fingerprint density at radius 3 is 2.55 bits per heavy atom. The molecule has 1 aromatic carbocycles. The number of anilines is 1. The molecule has 0 saturated carbocycles. The van der Waals surface area contributed by atoms with E-state index in [1.165, 1.54) is 32.3 Å². The molecule has 10 heteroatoms. The summed E-state index contributed by atoms with van der Waals surface area (Å²) in [5.74, 6) is -0.00519. The van der Waals surface area contributed by atoms with E-state index >= 15 is 0 Å². The third kappa shape index (κ3) is 4.82. The summed E-state index contributed by atoms with van der Waals surface area (Å²) in [5, 5.41) is 2.86. The van der Waals surface area contributed by atoms with Gasteiger partial charge in [-0.1, -0.05) is 33.0 Å². The van der Waals surface area contributed by atoms with Gasteiger partial charge in [0.15, 0.2) is 0 Å². The molecule has 0 aliphatic carbocycles. The van der Waals surface area contributed by atoms with Gasteiger partial charge in [0.25, 0.3) is 11.6 Å². The molecular weight excluding hydrogens is 419 g/mol. The largest absolute Gasteiger partial charge is 0.399 e. The van der Waals surface area contributed by atoms with Crippen molar-refractivity contribution in [1.82, 2.24) is 14.9 Å². The second-order valence-corrected chi connectivity index (χ2v) is 7.97. The molecule has 29 heavy (non-hydrogen) atoms. The number of carbonyl (C=O) groups excluding carboxylic acids is 1. The standard InChI is InChI=1S/C19H21ClF2N5OP/c1-10-8-11(2)25-18(24-10)26-15-6-7-27(9-14(15)23)17(28)12-4-3-5-13(16(12)20)19(21,22)29/h3-5,8H,6-7,9,23,29H2,1-2H3,(H,24,25,26). The lowest BCUT2D eigenvalue weighted by Gasteiger charge is -2.30. The molecule has 1 aliphatic heterocycles. The van der Waals surface area contributed by atoms with Crippen molar-refractivity contribution in [2.75, 3.05) is 18.4 Å². The number of nitrogens with one attached hydrogen (secondary N) is 1. The zero-order chi connectivity index (χ0) is 21.3. The number of aryl methyl sites for hydroxylation is 2. The van der Waals surface area contributed by atoms with Crippen LogP contribution in [0.1, 0.15) is 33.7 Å². The Balaban J connectivity index is 1.79. The number of hydrogen-bond acceptors (Lipinski definition) is 5. The SMILES string of the molecule is Cc1cc(C)nc(NC2=C(N)CN(C(=O)c3cccc(C(F)(F)P)c3Cl)CC2)n1. The fraction of sp³-hybridized carbons (Fsp3) is 0.316. The second-order valence-electron chi connectivity index (χ2n) is 6.87. The number of carbonyl (C=O) groups is 1. The maximum absolute atomic E-state index is 13.7. The van der Waals surface area contributed by atoms with E-state index in [2.05, 4.69) is 15.3 Å². The van der Waals surface area contributed by atoms with Gasteiger partial charge in [0.2, 0.25) is 5.95 Å². The number of nitrogens with zero attached hydrogens (tertiary/aromatic N) is 3. The van der Waals surface area contributed by atoms with Crippen LogP contribution in [0.25, 0.3) is 0 Å². The molecule has 1 aliphatic rings. The molecule has 0 spiro atoms. The number of halogens is 3. The number of benzene rings is 1. The van der Waals surface area contributed by atoms with Crippen LogP contribution in [0.5, 0.6) is 0 Å². The average molecular weight is 440 g/mol. The van der Waals surface area contributed by atoms with Crippen LogP contribution in [-0.4, -0.2) is 33.9 Å². The van der Waals surface area contributed by atoms with E-state index < -0.39 is 17.1 Å². The fourth-order valence-electron chi connectivity index (χ4n) is 3.15. The number of rotatable bonds is 4. The van der Waals surface area contributed by atoms with Gasteiger partial charge in [-0.2, -0.15) is 8.78 Å². The first-order chi connectivity index (χ1) is 13.6. The number of aromatic nitrogens is 2. The maximum Gasteiger partial charge on any atom is 0.285 e. The molecule has 154 valence electrons. The smallest absolute Gasteiger partial charge is 0.285 e. The van der Waals surface area contributed by atoms with Gasteiger partial charge in [-0.25, -0.2) is 9.97 Å². The molecule has 0 saturated heterocycles. The Morgan fingerprint density at radius 2 is 1.97 bits per heavy atom. The lowest BCUT2D eigenvalue weighted by Crippen LogP contribution is -2.40. The van der Waals surface area contributed by atoms with Crippen molar-refractivity contribution in [3.8, 4) is 0 Å². The molecule has 1 aromatic heterocycles. The predicted molar refractivity (Wildman–Crippen MR) is 112 cm³/mol. The van der Waals surface area contributed by atoms with Crippen LogP contribution in [0, 0.1) is 13.8 Å². The topological polar surface area (TPSA) is 84.1 Å². The zero-order valence-corrected chi connectivity index (χ0v) is 17.9. The van der Waals surface area contributed by atoms with E-state index in [1.54, 1.807) is 0 Å². The third-order valence-electron chi connectivity index (χ3n) is 4.50. The second kappa shape index (κ2) is 8.20. The zero-order valence-electron chi connectivity index (χ0n) is 16.0. The molecule has 1 unspecified atom stereocenters. The van der Waals surface area contributed by atoms with Crippen LogP contribution in [0.3, 0.4) is 0 Å². The van der Waals surface area contributed by atoms with Gasteiger partial charge in [0.05, 0.1) is 17.1 Å². The molecule has 3 N–H and O–H groups in total. The summed E-state index contributed by atoms with van der Waals surface area (Å²) >= 11 is 6.10. The Hall–Kier alpha value is -2.31. The summed E-state index contributed by atoms with van der Waals surface area (Å²) < 4.78 is 27.4. The summed E-state index contributed by atoms with van der Waals surface area (Å²) in [6.45, 7) is 4.23. The van der Waals surface area contributed by atoms with Gasteiger partial charge in [-0.05, 0) is 26.0 Å². The Bertz CT molecular complexity index is 973. The fourth-order valence-corrected chi connectivity index (χ4v) is 3.81. The van der Waals surface area contributed by atoms with E-state index in [0.29, 0.717) is 24.6 Å². The van der Waals surface area contributed by atoms with Crippen LogP contribution in [0.15, 0.2) is 35.7 Å². The quantitative estimate of drug-likeness (QED) is 0.708. The Kier molecular flexibility index (Phi) is 6.05. The van der Waals surface area contributed by atoms with Crippen LogP contribution < -0.4 is 11.1 Å². The van der Waals surface area contributed by atoms with Crippen molar-refractivity contribution < 1.29 is 13.6 Å². The number of hydrogen-bond donors (Lipinski definition) is 2. The predicted octanol–water partition coefficient (Wildman–Crippen LogP) is 3.80. The van der Waals surface area contributed by atoms with Crippen LogP contribution in [0.2, 0.25) is 5.02 Å². The minimum absolute atomic E-state index is 0.0214. The van der Waals surface area contributed by atoms with E-state index in [0.717, 1.165) is 17.1 Å². The molecule has 0 bridgehead atoms. The highest BCUT2D eigenvalue weighted by Crippen LogP contribution is 2.40. The van der Waals surface area contributed by atoms with Crippen molar-refractivity contribution in [3.05, 3.63) is 63.2 Å². The first kappa shape index (κ1) is 21.4. The molecule has 2 heterocycles. The molecule has 6 nitrogen and oxygen atoms in total. The first-order valence-electron chi connectivity index (χ1n) is 8.88. The van der Waals surface area contributed by atoms with Crippen molar-refractivity contribution in [3.63, 3.8) is 0 Å². The molecular formula is C19H21ClF2N5OP. The minimum Gasteiger partial charge on any atom is -0.399 e. The highest BCUT2D eigenvalue weighted by molar-refractivity contribution is 7.17. The van der Waals surface area contributed by atoms with Crippen LogP contribution in [0.4, 0.5) is 14.7 Å². The van der Waals surface area contributed by atoms with Gasteiger partial charge in [0.1, 0.15) is 0 Å². The molecule has 0 fully saturated rings. The third-order valence-corrected chi connectivity index (χ3v) is 5.22.